The van der Waals surface area contributed by atoms with Crippen LogP contribution in [0.5, 0.6) is 0 Å². The summed E-state index contributed by atoms with van der Waals surface area (Å²) in [6.45, 7) is 17.1. The number of ketones is 2. The zero-order valence-electron chi connectivity index (χ0n) is 31.0. The molecule has 13 nitrogen and oxygen atoms in total. The Balaban J connectivity index is 2.82. The lowest BCUT2D eigenvalue weighted by atomic mass is 9.76. The molecule has 0 spiro atoms. The zero-order valence-corrected chi connectivity index (χ0v) is 31.0. The minimum Gasteiger partial charge on any atom is -0.461 e. The van der Waals surface area contributed by atoms with Gasteiger partial charge in [0.05, 0.1) is 30.5 Å². The summed E-state index contributed by atoms with van der Waals surface area (Å²) in [6.07, 6.45) is -1.24. The standard InChI is InChI=1S/C36H57NO12/c1-13-15-45-36(10)17-20(3)29(40)26(19-44-24(7)38)18-35(9,43)28(14-2)48-33(42)23(6)30(41)22(5)32(36)49-34-31(47-25(8)39)27(37(11)12)16-21(4)46-34/h13,18,20-23,27-28,31-32,34,43H,1,14-17,19H2,2-12H3/t20-,21-,22+,23-,27+,28-,31-,32-,34+,35+,36+/m1/s1. The Morgan fingerprint density at radius 1 is 1.10 bits per heavy atom. The highest BCUT2D eigenvalue weighted by molar-refractivity contribution is 6.00. The molecule has 2 heterocycles. The molecule has 1 N–H and O–H groups in total. The number of carbonyl (C=O) groups is 5. The maximum atomic E-state index is 14.2. The van der Waals surface area contributed by atoms with Crippen LogP contribution in [0.25, 0.3) is 0 Å². The van der Waals surface area contributed by atoms with Crippen molar-refractivity contribution in [2.75, 3.05) is 27.3 Å². The zero-order chi connectivity index (χ0) is 37.4. The van der Waals surface area contributed by atoms with E-state index >= 15 is 0 Å². The smallest absolute Gasteiger partial charge is 0.316 e. The third kappa shape index (κ3) is 11.0. The van der Waals surface area contributed by atoms with E-state index in [0.29, 0.717) is 6.42 Å². The van der Waals surface area contributed by atoms with Gasteiger partial charge in [0, 0.05) is 31.3 Å². The molecule has 0 bridgehead atoms. The van der Waals surface area contributed by atoms with Gasteiger partial charge in [0.1, 0.15) is 24.2 Å². The van der Waals surface area contributed by atoms with Crippen LogP contribution in [0.3, 0.4) is 0 Å². The second kappa shape index (κ2) is 17.8. The SMILES string of the molecule is C=CCO[C@@]1(C)C[C@@H](C)C(=O)C(COC(C)=O)=C[C@](C)(O)[C@@H](CC)OC(=O)[C@H](C)C(=O)[C@H](C)[C@H]1O[C@@H]1O[C@H](C)C[C@H](N(C)C)[C@H]1OC(C)=O. The van der Waals surface area contributed by atoms with E-state index in [2.05, 4.69) is 6.58 Å². The number of esters is 3. The fraction of sp³-hybridized carbons (Fsp3) is 0.750. The van der Waals surface area contributed by atoms with E-state index in [1.807, 2.05) is 25.9 Å². The molecule has 1 saturated heterocycles. The summed E-state index contributed by atoms with van der Waals surface area (Å²) in [6, 6.07) is -0.301. The van der Waals surface area contributed by atoms with E-state index in [9.17, 15) is 29.1 Å². The number of rotatable bonds is 10. The summed E-state index contributed by atoms with van der Waals surface area (Å²) in [5.74, 6) is -6.21. The van der Waals surface area contributed by atoms with Crippen LogP contribution in [-0.2, 0) is 52.4 Å². The first-order chi connectivity index (χ1) is 22.7. The van der Waals surface area contributed by atoms with Gasteiger partial charge in [-0.2, -0.15) is 0 Å². The number of cyclic esters (lactones) is 1. The molecule has 0 aromatic rings. The van der Waals surface area contributed by atoms with Gasteiger partial charge >= 0.3 is 17.9 Å². The molecule has 0 saturated carbocycles. The molecule has 49 heavy (non-hydrogen) atoms. The molecular formula is C36H57NO12. The number of likely N-dealkylation sites (N-methyl/N-ethyl adjacent to an activating group) is 1. The van der Waals surface area contributed by atoms with E-state index in [1.165, 1.54) is 39.8 Å². The van der Waals surface area contributed by atoms with Gasteiger partial charge in [0.2, 0.25) is 0 Å². The fourth-order valence-corrected chi connectivity index (χ4v) is 6.74. The van der Waals surface area contributed by atoms with E-state index in [1.54, 1.807) is 27.7 Å². The van der Waals surface area contributed by atoms with Crippen LogP contribution in [-0.4, -0.2) is 115 Å². The predicted molar refractivity (Wildman–Crippen MR) is 179 cm³/mol. The normalized spacial score (nSPS) is 36.7. The second-order valence-corrected chi connectivity index (χ2v) is 14.0. The van der Waals surface area contributed by atoms with Crippen LogP contribution < -0.4 is 0 Å². The monoisotopic (exact) mass is 695 g/mol. The number of aliphatic hydroxyl groups is 1. The van der Waals surface area contributed by atoms with Crippen molar-refractivity contribution >= 4 is 29.5 Å². The van der Waals surface area contributed by atoms with Crippen molar-refractivity contribution in [2.24, 2.45) is 17.8 Å². The lowest BCUT2D eigenvalue weighted by molar-refractivity contribution is -0.299. The molecule has 0 aliphatic carbocycles. The topological polar surface area (TPSA) is 164 Å². The average molecular weight is 696 g/mol. The number of carbonyl (C=O) groups excluding carboxylic acids is 5. The molecule has 1 fully saturated rings. The average Bonchev–Trinajstić information content (AvgIpc) is 3.01. The van der Waals surface area contributed by atoms with E-state index in [-0.39, 0.29) is 37.2 Å². The minimum atomic E-state index is -1.86. The molecule has 278 valence electrons. The van der Waals surface area contributed by atoms with Gasteiger partial charge in [0.15, 0.2) is 24.0 Å². The van der Waals surface area contributed by atoms with Crippen molar-refractivity contribution < 1.29 is 57.5 Å². The van der Waals surface area contributed by atoms with Crippen molar-refractivity contribution in [3.63, 3.8) is 0 Å². The highest BCUT2D eigenvalue weighted by Crippen LogP contribution is 2.38. The molecule has 0 amide bonds. The van der Waals surface area contributed by atoms with Gasteiger partial charge in [0.25, 0.3) is 0 Å². The molecule has 2 aliphatic heterocycles. The Morgan fingerprint density at radius 3 is 2.27 bits per heavy atom. The summed E-state index contributed by atoms with van der Waals surface area (Å²) < 4.78 is 36.0. The summed E-state index contributed by atoms with van der Waals surface area (Å²) >= 11 is 0. The number of nitrogens with zero attached hydrogens (tertiary/aromatic N) is 1. The van der Waals surface area contributed by atoms with Gasteiger partial charge < -0.3 is 38.4 Å². The van der Waals surface area contributed by atoms with Crippen LogP contribution in [0.2, 0.25) is 0 Å². The third-order valence-electron chi connectivity index (χ3n) is 9.30. The summed E-state index contributed by atoms with van der Waals surface area (Å²) in [5.41, 5.74) is -3.27. The summed E-state index contributed by atoms with van der Waals surface area (Å²) in [4.78, 5) is 67.8. The first-order valence-corrected chi connectivity index (χ1v) is 16.9. The highest BCUT2D eigenvalue weighted by Gasteiger charge is 2.51. The first kappa shape index (κ1) is 42.2. The highest BCUT2D eigenvalue weighted by atomic mass is 16.7. The second-order valence-electron chi connectivity index (χ2n) is 14.0. The molecule has 0 unspecified atom stereocenters. The molecule has 11 atom stereocenters. The Labute approximate surface area is 290 Å². The van der Waals surface area contributed by atoms with Crippen LogP contribution in [0.1, 0.15) is 81.6 Å². The number of hydrogen-bond donors (Lipinski definition) is 1. The van der Waals surface area contributed by atoms with Gasteiger partial charge in [-0.1, -0.05) is 26.8 Å². The van der Waals surface area contributed by atoms with Crippen molar-refractivity contribution in [1.29, 1.82) is 0 Å². The number of hydrogen-bond acceptors (Lipinski definition) is 13. The van der Waals surface area contributed by atoms with Crippen molar-refractivity contribution in [1.82, 2.24) is 4.90 Å². The Morgan fingerprint density at radius 2 is 1.73 bits per heavy atom. The van der Waals surface area contributed by atoms with Gasteiger partial charge in [-0.05, 0) is 67.1 Å². The van der Waals surface area contributed by atoms with Crippen LogP contribution in [0, 0.1) is 17.8 Å². The predicted octanol–water partition coefficient (Wildman–Crippen LogP) is 3.34. The van der Waals surface area contributed by atoms with Gasteiger partial charge in [-0.15, -0.1) is 6.58 Å². The first-order valence-electron chi connectivity index (χ1n) is 16.9. The van der Waals surface area contributed by atoms with Crippen LogP contribution >= 0.6 is 0 Å². The maximum absolute atomic E-state index is 14.2. The quantitative estimate of drug-likeness (QED) is 0.153. The lowest BCUT2D eigenvalue weighted by Crippen LogP contribution is -2.60. The molecule has 0 aromatic heterocycles. The number of ether oxygens (including phenoxy) is 6. The van der Waals surface area contributed by atoms with Crippen LogP contribution in [0.15, 0.2) is 24.3 Å². The Hall–Kier alpha value is -2.97. The molecule has 2 aliphatic rings. The van der Waals surface area contributed by atoms with E-state index in [0.717, 1.165) is 0 Å². The van der Waals surface area contributed by atoms with Gasteiger partial charge in [-0.3, -0.25) is 24.0 Å². The van der Waals surface area contributed by atoms with Crippen molar-refractivity contribution in [2.45, 2.75) is 130 Å². The van der Waals surface area contributed by atoms with E-state index < -0.39 is 89.6 Å². The largest absolute Gasteiger partial charge is 0.461 e. The van der Waals surface area contributed by atoms with Crippen molar-refractivity contribution in [3.05, 3.63) is 24.3 Å². The molecular weight excluding hydrogens is 638 g/mol. The summed E-state index contributed by atoms with van der Waals surface area (Å²) in [7, 11) is 3.70. The lowest BCUT2D eigenvalue weighted by Gasteiger charge is -2.47. The third-order valence-corrected chi connectivity index (χ3v) is 9.30. The van der Waals surface area contributed by atoms with Gasteiger partial charge in [-0.25, -0.2) is 0 Å². The van der Waals surface area contributed by atoms with Crippen molar-refractivity contribution in [3.8, 4) is 0 Å². The number of Topliss-reactive ketones (excluding diaryl/α,β-unsaturated/α-hetero) is 2. The Kier molecular flexibility index (Phi) is 15.3. The molecule has 0 radical (unpaired) electrons. The molecule has 13 heteroatoms. The maximum Gasteiger partial charge on any atom is 0.316 e. The van der Waals surface area contributed by atoms with Crippen LogP contribution in [0.4, 0.5) is 0 Å². The Bertz CT molecular complexity index is 1240. The minimum absolute atomic E-state index is 0.00634. The molecule has 0 aromatic carbocycles. The van der Waals surface area contributed by atoms with E-state index in [4.69, 9.17) is 28.4 Å². The molecule has 2 rings (SSSR count). The summed E-state index contributed by atoms with van der Waals surface area (Å²) in [5, 5.41) is 11.5. The fourth-order valence-electron chi connectivity index (χ4n) is 6.74.